The van der Waals surface area contributed by atoms with E-state index in [4.69, 9.17) is 10.00 Å². The van der Waals surface area contributed by atoms with E-state index in [-0.39, 0.29) is 6.61 Å². The standard InChI is InChI=1S/C15H18N4O/c1-2-9-19-14(6-8-18-19)12-17-13-4-3-5-15(11-13)20-10-7-16/h3-6,8,11,17H,2,9-10,12H2,1H3. The van der Waals surface area contributed by atoms with Gasteiger partial charge in [0.1, 0.15) is 11.8 Å². The highest BCUT2D eigenvalue weighted by molar-refractivity contribution is 5.48. The highest BCUT2D eigenvalue weighted by Gasteiger charge is 2.02. The van der Waals surface area contributed by atoms with E-state index < -0.39 is 0 Å². The monoisotopic (exact) mass is 270 g/mol. The molecule has 20 heavy (non-hydrogen) atoms. The van der Waals surface area contributed by atoms with Gasteiger partial charge in [0, 0.05) is 24.5 Å². The molecule has 5 nitrogen and oxygen atoms in total. The van der Waals surface area contributed by atoms with Gasteiger partial charge in [0.2, 0.25) is 0 Å². The molecule has 1 heterocycles. The van der Waals surface area contributed by atoms with Crippen molar-refractivity contribution in [2.45, 2.75) is 26.4 Å². The van der Waals surface area contributed by atoms with Gasteiger partial charge in [-0.2, -0.15) is 10.4 Å². The molecule has 0 saturated heterocycles. The van der Waals surface area contributed by atoms with E-state index in [1.165, 1.54) is 0 Å². The van der Waals surface area contributed by atoms with Gasteiger partial charge in [-0.15, -0.1) is 0 Å². The molecule has 2 rings (SSSR count). The van der Waals surface area contributed by atoms with E-state index in [9.17, 15) is 0 Å². The Morgan fingerprint density at radius 3 is 3.10 bits per heavy atom. The molecular formula is C15H18N4O. The zero-order valence-electron chi connectivity index (χ0n) is 11.5. The summed E-state index contributed by atoms with van der Waals surface area (Å²) >= 11 is 0. The minimum absolute atomic E-state index is 0.0622. The summed E-state index contributed by atoms with van der Waals surface area (Å²) in [6.07, 6.45) is 2.88. The van der Waals surface area contributed by atoms with E-state index in [2.05, 4.69) is 17.3 Å². The Balaban J connectivity index is 1.96. The number of nitrogens with one attached hydrogen (secondary N) is 1. The first kappa shape index (κ1) is 13.9. The topological polar surface area (TPSA) is 62.9 Å². The van der Waals surface area contributed by atoms with E-state index in [0.29, 0.717) is 12.3 Å². The quantitative estimate of drug-likeness (QED) is 0.840. The predicted octanol–water partition coefficient (Wildman–Crippen LogP) is 2.81. The molecule has 0 aliphatic carbocycles. The lowest BCUT2D eigenvalue weighted by Gasteiger charge is -2.10. The Morgan fingerprint density at radius 1 is 1.40 bits per heavy atom. The Labute approximate surface area is 118 Å². The molecule has 0 unspecified atom stereocenters. The number of hydrogen-bond acceptors (Lipinski definition) is 4. The summed E-state index contributed by atoms with van der Waals surface area (Å²) < 4.78 is 7.28. The van der Waals surface area contributed by atoms with Crippen molar-refractivity contribution >= 4 is 5.69 Å². The van der Waals surface area contributed by atoms with Gasteiger partial charge in [0.25, 0.3) is 0 Å². The van der Waals surface area contributed by atoms with E-state index >= 15 is 0 Å². The second kappa shape index (κ2) is 7.19. The fourth-order valence-electron chi connectivity index (χ4n) is 1.93. The lowest BCUT2D eigenvalue weighted by molar-refractivity contribution is 0.368. The van der Waals surface area contributed by atoms with Gasteiger partial charge in [0.15, 0.2) is 6.61 Å². The number of hydrogen-bond donors (Lipinski definition) is 1. The average Bonchev–Trinajstić information content (AvgIpc) is 2.91. The van der Waals surface area contributed by atoms with Crippen molar-refractivity contribution < 1.29 is 4.74 Å². The van der Waals surface area contributed by atoms with Crippen LogP contribution in [0.3, 0.4) is 0 Å². The number of nitriles is 1. The van der Waals surface area contributed by atoms with Crippen LogP contribution in [0.15, 0.2) is 36.5 Å². The highest BCUT2D eigenvalue weighted by atomic mass is 16.5. The zero-order valence-corrected chi connectivity index (χ0v) is 11.5. The third-order valence-electron chi connectivity index (χ3n) is 2.85. The van der Waals surface area contributed by atoms with Crippen molar-refractivity contribution in [3.8, 4) is 11.8 Å². The summed E-state index contributed by atoms with van der Waals surface area (Å²) in [4.78, 5) is 0. The maximum absolute atomic E-state index is 8.51. The van der Waals surface area contributed by atoms with Crippen LogP contribution in [0, 0.1) is 11.3 Å². The number of aromatic nitrogens is 2. The maximum atomic E-state index is 8.51. The Bertz CT molecular complexity index is 586. The second-order valence-corrected chi connectivity index (χ2v) is 4.37. The zero-order chi connectivity index (χ0) is 14.2. The van der Waals surface area contributed by atoms with Crippen molar-refractivity contribution in [1.82, 2.24) is 9.78 Å². The molecular weight excluding hydrogens is 252 g/mol. The fourth-order valence-corrected chi connectivity index (χ4v) is 1.93. The highest BCUT2D eigenvalue weighted by Crippen LogP contribution is 2.18. The van der Waals surface area contributed by atoms with E-state index in [1.54, 1.807) is 0 Å². The predicted molar refractivity (Wildman–Crippen MR) is 77.4 cm³/mol. The van der Waals surface area contributed by atoms with Crippen LogP contribution in [0.4, 0.5) is 5.69 Å². The Hall–Kier alpha value is -2.48. The molecule has 0 saturated carbocycles. The van der Waals surface area contributed by atoms with Crippen molar-refractivity contribution in [3.63, 3.8) is 0 Å². The van der Waals surface area contributed by atoms with Crippen molar-refractivity contribution in [1.29, 1.82) is 5.26 Å². The lowest BCUT2D eigenvalue weighted by Crippen LogP contribution is -2.09. The summed E-state index contributed by atoms with van der Waals surface area (Å²) in [7, 11) is 0. The first-order valence-corrected chi connectivity index (χ1v) is 6.68. The molecule has 0 atom stereocenters. The molecule has 0 bridgehead atoms. The van der Waals surface area contributed by atoms with E-state index in [1.807, 2.05) is 47.3 Å². The molecule has 5 heteroatoms. The minimum atomic E-state index is 0.0622. The summed E-state index contributed by atoms with van der Waals surface area (Å²) in [5.41, 5.74) is 2.11. The van der Waals surface area contributed by atoms with E-state index in [0.717, 1.165) is 24.3 Å². The first-order valence-electron chi connectivity index (χ1n) is 6.68. The summed E-state index contributed by atoms with van der Waals surface area (Å²) in [6, 6.07) is 11.6. The molecule has 0 fully saturated rings. The van der Waals surface area contributed by atoms with Gasteiger partial charge in [-0.05, 0) is 24.6 Å². The number of anilines is 1. The third-order valence-corrected chi connectivity index (χ3v) is 2.85. The van der Waals surface area contributed by atoms with Gasteiger partial charge in [-0.3, -0.25) is 4.68 Å². The Kier molecular flexibility index (Phi) is 5.01. The molecule has 1 aromatic heterocycles. The molecule has 2 aromatic rings. The molecule has 1 aromatic carbocycles. The number of benzene rings is 1. The molecule has 1 N–H and O–H groups in total. The normalized spacial score (nSPS) is 10.0. The van der Waals surface area contributed by atoms with Crippen molar-refractivity contribution in [3.05, 3.63) is 42.2 Å². The van der Waals surface area contributed by atoms with Crippen LogP contribution in [-0.2, 0) is 13.1 Å². The van der Waals surface area contributed by atoms with Gasteiger partial charge < -0.3 is 10.1 Å². The van der Waals surface area contributed by atoms with Crippen LogP contribution in [0.5, 0.6) is 5.75 Å². The first-order chi connectivity index (χ1) is 9.83. The average molecular weight is 270 g/mol. The van der Waals surface area contributed by atoms with Crippen molar-refractivity contribution in [2.75, 3.05) is 11.9 Å². The molecule has 0 aliphatic heterocycles. The van der Waals surface area contributed by atoms with Crippen LogP contribution in [-0.4, -0.2) is 16.4 Å². The molecule has 0 spiro atoms. The molecule has 0 amide bonds. The summed E-state index contributed by atoms with van der Waals surface area (Å²) in [6.45, 7) is 3.83. The van der Waals surface area contributed by atoms with Crippen LogP contribution in [0.25, 0.3) is 0 Å². The lowest BCUT2D eigenvalue weighted by atomic mass is 10.3. The number of aryl methyl sites for hydroxylation is 1. The second-order valence-electron chi connectivity index (χ2n) is 4.37. The Morgan fingerprint density at radius 2 is 2.30 bits per heavy atom. The molecule has 0 aliphatic rings. The van der Waals surface area contributed by atoms with Gasteiger partial charge >= 0.3 is 0 Å². The smallest absolute Gasteiger partial charge is 0.174 e. The van der Waals surface area contributed by atoms with Crippen LogP contribution >= 0.6 is 0 Å². The summed E-state index contributed by atoms with van der Waals surface area (Å²) in [5, 5.41) is 16.1. The molecule has 104 valence electrons. The van der Waals surface area contributed by atoms with Crippen LogP contribution < -0.4 is 10.1 Å². The fraction of sp³-hybridized carbons (Fsp3) is 0.333. The van der Waals surface area contributed by atoms with Crippen LogP contribution in [0.2, 0.25) is 0 Å². The summed E-state index contributed by atoms with van der Waals surface area (Å²) in [5.74, 6) is 0.693. The van der Waals surface area contributed by atoms with Gasteiger partial charge in [-0.25, -0.2) is 0 Å². The maximum Gasteiger partial charge on any atom is 0.174 e. The number of nitrogens with zero attached hydrogens (tertiary/aromatic N) is 3. The van der Waals surface area contributed by atoms with Crippen molar-refractivity contribution in [2.24, 2.45) is 0 Å². The van der Waals surface area contributed by atoms with Gasteiger partial charge in [0.05, 0.1) is 12.2 Å². The van der Waals surface area contributed by atoms with Gasteiger partial charge in [-0.1, -0.05) is 13.0 Å². The number of ether oxygens (including phenoxy) is 1. The minimum Gasteiger partial charge on any atom is -0.479 e. The number of rotatable bonds is 7. The third kappa shape index (κ3) is 3.75. The molecule has 0 radical (unpaired) electrons. The van der Waals surface area contributed by atoms with Crippen LogP contribution in [0.1, 0.15) is 19.0 Å². The SMILES string of the molecule is CCCn1nccc1CNc1cccc(OCC#N)c1. The largest absolute Gasteiger partial charge is 0.479 e.